The predicted octanol–water partition coefficient (Wildman–Crippen LogP) is 2.56. The Hall–Kier alpha value is -2.69. The molecule has 2 aromatic carbocycles. The summed E-state index contributed by atoms with van der Waals surface area (Å²) in [6.45, 7) is 2.10. The Morgan fingerprint density at radius 2 is 1.95 bits per heavy atom. The van der Waals surface area contributed by atoms with Crippen LogP contribution in [0, 0.1) is 6.92 Å². The van der Waals surface area contributed by atoms with E-state index >= 15 is 0 Å². The number of carbonyl (C=O) groups is 1. The molecule has 5 heteroatoms. The first-order chi connectivity index (χ1) is 9.63. The van der Waals surface area contributed by atoms with Crippen molar-refractivity contribution >= 4 is 17.3 Å². The maximum Gasteiger partial charge on any atom is 0.255 e. The molecule has 2 aromatic rings. The Labute approximate surface area is 116 Å². The van der Waals surface area contributed by atoms with Crippen LogP contribution < -0.4 is 20.5 Å². The van der Waals surface area contributed by atoms with Crippen LogP contribution in [0.2, 0.25) is 0 Å². The standard InChI is InChI=1S/C15H14N2O3/c1-9-2-4-11(16)7-12(9)17-15(18)10-3-5-13-14(6-10)20-8-19-13/h2-7H,8,16H2,1H3,(H,17,18). The lowest BCUT2D eigenvalue weighted by molar-refractivity contribution is 0.102. The smallest absolute Gasteiger partial charge is 0.255 e. The zero-order valence-electron chi connectivity index (χ0n) is 11.0. The highest BCUT2D eigenvalue weighted by molar-refractivity contribution is 6.05. The normalized spacial score (nSPS) is 12.2. The van der Waals surface area contributed by atoms with Crippen molar-refractivity contribution in [3.63, 3.8) is 0 Å². The number of hydrogen-bond acceptors (Lipinski definition) is 4. The van der Waals surface area contributed by atoms with E-state index in [2.05, 4.69) is 5.32 Å². The zero-order chi connectivity index (χ0) is 14.1. The van der Waals surface area contributed by atoms with Gasteiger partial charge in [-0.3, -0.25) is 4.79 Å². The van der Waals surface area contributed by atoms with Gasteiger partial charge in [-0.15, -0.1) is 0 Å². The Morgan fingerprint density at radius 3 is 2.80 bits per heavy atom. The molecule has 0 radical (unpaired) electrons. The molecule has 1 aliphatic rings. The molecule has 0 saturated heterocycles. The SMILES string of the molecule is Cc1ccc(N)cc1NC(=O)c1ccc2c(c1)OCO2. The van der Waals surface area contributed by atoms with E-state index in [0.717, 1.165) is 5.56 Å². The van der Waals surface area contributed by atoms with Crippen molar-refractivity contribution in [1.82, 2.24) is 0 Å². The third-order valence-electron chi connectivity index (χ3n) is 3.14. The highest BCUT2D eigenvalue weighted by Crippen LogP contribution is 2.32. The summed E-state index contributed by atoms with van der Waals surface area (Å²) in [6, 6.07) is 10.5. The van der Waals surface area contributed by atoms with Crippen LogP contribution in [0.3, 0.4) is 0 Å². The summed E-state index contributed by atoms with van der Waals surface area (Å²) < 4.78 is 10.5. The van der Waals surface area contributed by atoms with Gasteiger partial charge in [-0.1, -0.05) is 6.07 Å². The van der Waals surface area contributed by atoms with Crippen LogP contribution in [0.5, 0.6) is 11.5 Å². The van der Waals surface area contributed by atoms with Crippen molar-refractivity contribution in [2.24, 2.45) is 0 Å². The third kappa shape index (κ3) is 2.25. The minimum Gasteiger partial charge on any atom is -0.454 e. The summed E-state index contributed by atoms with van der Waals surface area (Å²) in [4.78, 5) is 12.2. The second-order valence-corrected chi connectivity index (χ2v) is 4.60. The topological polar surface area (TPSA) is 73.6 Å². The van der Waals surface area contributed by atoms with Gasteiger partial charge in [-0.05, 0) is 42.8 Å². The highest BCUT2D eigenvalue weighted by Gasteiger charge is 2.16. The van der Waals surface area contributed by atoms with E-state index in [1.807, 2.05) is 13.0 Å². The van der Waals surface area contributed by atoms with Crippen LogP contribution in [-0.2, 0) is 0 Å². The molecule has 0 atom stereocenters. The molecule has 0 spiro atoms. The molecule has 20 heavy (non-hydrogen) atoms. The molecule has 102 valence electrons. The molecule has 0 aliphatic carbocycles. The van der Waals surface area contributed by atoms with Gasteiger partial charge in [-0.2, -0.15) is 0 Å². The van der Waals surface area contributed by atoms with Crippen molar-refractivity contribution in [1.29, 1.82) is 0 Å². The molecular formula is C15H14N2O3. The van der Waals surface area contributed by atoms with Crippen molar-refractivity contribution < 1.29 is 14.3 Å². The number of anilines is 2. The quantitative estimate of drug-likeness (QED) is 0.822. The van der Waals surface area contributed by atoms with Crippen LogP contribution in [0.25, 0.3) is 0 Å². The highest BCUT2D eigenvalue weighted by atomic mass is 16.7. The molecule has 0 aromatic heterocycles. The Bertz CT molecular complexity index is 683. The predicted molar refractivity (Wildman–Crippen MR) is 76.1 cm³/mol. The van der Waals surface area contributed by atoms with E-state index in [4.69, 9.17) is 15.2 Å². The van der Waals surface area contributed by atoms with Gasteiger partial charge in [0.25, 0.3) is 5.91 Å². The van der Waals surface area contributed by atoms with Gasteiger partial charge in [0.2, 0.25) is 6.79 Å². The molecule has 0 saturated carbocycles. The van der Waals surface area contributed by atoms with Crippen molar-refractivity contribution in [3.05, 3.63) is 47.5 Å². The van der Waals surface area contributed by atoms with Crippen molar-refractivity contribution in [2.45, 2.75) is 6.92 Å². The fourth-order valence-corrected chi connectivity index (χ4v) is 2.01. The second kappa shape index (κ2) is 4.77. The molecular weight excluding hydrogens is 256 g/mol. The van der Waals surface area contributed by atoms with Gasteiger partial charge in [0.15, 0.2) is 11.5 Å². The first kappa shape index (κ1) is 12.3. The molecule has 3 rings (SSSR count). The van der Waals surface area contributed by atoms with Crippen molar-refractivity contribution in [2.75, 3.05) is 17.8 Å². The number of aryl methyl sites for hydroxylation is 1. The number of amides is 1. The number of nitrogen functional groups attached to an aromatic ring is 1. The minimum atomic E-state index is -0.211. The Balaban J connectivity index is 1.84. The molecule has 3 N–H and O–H groups in total. The molecule has 1 aliphatic heterocycles. The van der Waals surface area contributed by atoms with Gasteiger partial charge in [-0.25, -0.2) is 0 Å². The average molecular weight is 270 g/mol. The summed E-state index contributed by atoms with van der Waals surface area (Å²) in [5.41, 5.74) is 8.50. The zero-order valence-corrected chi connectivity index (χ0v) is 11.0. The summed E-state index contributed by atoms with van der Waals surface area (Å²) in [5.74, 6) is 1.03. The average Bonchev–Trinajstić information content (AvgIpc) is 2.90. The van der Waals surface area contributed by atoms with Crippen LogP contribution in [-0.4, -0.2) is 12.7 Å². The summed E-state index contributed by atoms with van der Waals surface area (Å²) in [5, 5.41) is 2.84. The number of hydrogen-bond donors (Lipinski definition) is 2. The fourth-order valence-electron chi connectivity index (χ4n) is 2.01. The molecule has 1 amide bonds. The maximum absolute atomic E-state index is 12.2. The largest absolute Gasteiger partial charge is 0.454 e. The Morgan fingerprint density at radius 1 is 1.15 bits per heavy atom. The number of nitrogens with one attached hydrogen (secondary N) is 1. The lowest BCUT2D eigenvalue weighted by atomic mass is 10.1. The fraction of sp³-hybridized carbons (Fsp3) is 0.133. The molecule has 1 heterocycles. The van der Waals surface area contributed by atoms with E-state index in [1.54, 1.807) is 30.3 Å². The van der Waals surface area contributed by atoms with Gasteiger partial charge in [0.1, 0.15) is 0 Å². The van der Waals surface area contributed by atoms with Crippen LogP contribution in [0.4, 0.5) is 11.4 Å². The maximum atomic E-state index is 12.2. The first-order valence-electron chi connectivity index (χ1n) is 6.20. The lowest BCUT2D eigenvalue weighted by Crippen LogP contribution is -2.12. The molecule has 5 nitrogen and oxygen atoms in total. The molecule has 0 bridgehead atoms. The monoisotopic (exact) mass is 270 g/mol. The Kier molecular flexibility index (Phi) is 2.95. The van der Waals surface area contributed by atoms with Crippen molar-refractivity contribution in [3.8, 4) is 11.5 Å². The van der Waals surface area contributed by atoms with Gasteiger partial charge in [0, 0.05) is 16.9 Å². The summed E-state index contributed by atoms with van der Waals surface area (Å²) >= 11 is 0. The number of nitrogens with two attached hydrogens (primary N) is 1. The minimum absolute atomic E-state index is 0.189. The first-order valence-corrected chi connectivity index (χ1v) is 6.20. The van der Waals surface area contributed by atoms with E-state index in [1.165, 1.54) is 0 Å². The van der Waals surface area contributed by atoms with Gasteiger partial charge in [0.05, 0.1) is 0 Å². The molecule has 0 unspecified atom stereocenters. The van der Waals surface area contributed by atoms with E-state index < -0.39 is 0 Å². The third-order valence-corrected chi connectivity index (χ3v) is 3.14. The van der Waals surface area contributed by atoms with Gasteiger partial charge < -0.3 is 20.5 Å². The number of benzene rings is 2. The molecule has 0 fully saturated rings. The lowest BCUT2D eigenvalue weighted by Gasteiger charge is -2.09. The van der Waals surface area contributed by atoms with Crippen LogP contribution in [0.1, 0.15) is 15.9 Å². The van der Waals surface area contributed by atoms with Crippen LogP contribution >= 0.6 is 0 Å². The van der Waals surface area contributed by atoms with E-state index in [0.29, 0.717) is 28.4 Å². The number of rotatable bonds is 2. The summed E-state index contributed by atoms with van der Waals surface area (Å²) in [6.07, 6.45) is 0. The summed E-state index contributed by atoms with van der Waals surface area (Å²) in [7, 11) is 0. The number of carbonyl (C=O) groups excluding carboxylic acids is 1. The van der Waals surface area contributed by atoms with E-state index in [-0.39, 0.29) is 12.7 Å². The number of fused-ring (bicyclic) bond motifs is 1. The van der Waals surface area contributed by atoms with Crippen LogP contribution in [0.15, 0.2) is 36.4 Å². The van der Waals surface area contributed by atoms with Gasteiger partial charge >= 0.3 is 0 Å². The second-order valence-electron chi connectivity index (χ2n) is 4.60. The number of ether oxygens (including phenoxy) is 2. The van der Waals surface area contributed by atoms with E-state index in [9.17, 15) is 4.79 Å².